The first-order chi connectivity index (χ1) is 17.5. The van der Waals surface area contributed by atoms with Gasteiger partial charge in [0.25, 0.3) is 5.91 Å². The topological polar surface area (TPSA) is 87.7 Å². The van der Waals surface area contributed by atoms with Crippen LogP contribution in [0.25, 0.3) is 0 Å². The van der Waals surface area contributed by atoms with E-state index in [-0.39, 0.29) is 23.5 Å². The van der Waals surface area contributed by atoms with E-state index in [2.05, 4.69) is 15.5 Å². The summed E-state index contributed by atoms with van der Waals surface area (Å²) in [5.41, 5.74) is 0.513. The van der Waals surface area contributed by atoms with E-state index < -0.39 is 17.5 Å². The highest BCUT2D eigenvalue weighted by Crippen LogP contribution is 2.25. The van der Waals surface area contributed by atoms with Crippen molar-refractivity contribution >= 4 is 23.3 Å². The van der Waals surface area contributed by atoms with Crippen LogP contribution in [0, 0.1) is 17.6 Å². The molecule has 2 saturated heterocycles. The molecule has 2 aliphatic heterocycles. The molecule has 1 unspecified atom stereocenters. The van der Waals surface area contributed by atoms with E-state index in [1.165, 1.54) is 4.90 Å². The first-order valence-corrected chi connectivity index (χ1v) is 11.8. The standard InChI is InChI=1S/C26H25F2N5O3/c27-18-3-8-22(23(28)14-18)26(35)33-13-10-21(16-33)36-20-6-4-19(5-7-20)30-25(34)17-9-12-32(15-17)24-2-1-11-29-31-24/h1-8,11,14,17,21H,9-10,12-13,15-16H2,(H,30,34)/t17?,21-/m1/s1. The van der Waals surface area contributed by atoms with Gasteiger partial charge in [0.05, 0.1) is 18.0 Å². The Labute approximate surface area is 206 Å². The second-order valence-electron chi connectivity index (χ2n) is 8.93. The lowest BCUT2D eigenvalue weighted by Crippen LogP contribution is -2.31. The van der Waals surface area contributed by atoms with Crippen molar-refractivity contribution in [2.45, 2.75) is 18.9 Å². The summed E-state index contributed by atoms with van der Waals surface area (Å²) in [7, 11) is 0. The zero-order chi connectivity index (χ0) is 25.1. The van der Waals surface area contributed by atoms with Gasteiger partial charge in [-0.3, -0.25) is 9.59 Å². The third-order valence-corrected chi connectivity index (χ3v) is 6.46. The molecule has 5 rings (SSSR count). The lowest BCUT2D eigenvalue weighted by atomic mass is 10.1. The van der Waals surface area contributed by atoms with Crippen LogP contribution in [0.4, 0.5) is 20.3 Å². The number of nitrogens with zero attached hydrogens (tertiary/aromatic N) is 4. The summed E-state index contributed by atoms with van der Waals surface area (Å²) >= 11 is 0. The number of halogens is 2. The van der Waals surface area contributed by atoms with Crippen molar-refractivity contribution in [1.29, 1.82) is 0 Å². The van der Waals surface area contributed by atoms with Gasteiger partial charge in [-0.2, -0.15) is 5.10 Å². The van der Waals surface area contributed by atoms with Crippen molar-refractivity contribution in [3.63, 3.8) is 0 Å². The molecule has 2 aromatic carbocycles. The van der Waals surface area contributed by atoms with E-state index in [9.17, 15) is 18.4 Å². The van der Waals surface area contributed by atoms with Gasteiger partial charge in [0, 0.05) is 44.0 Å². The van der Waals surface area contributed by atoms with Crippen LogP contribution in [-0.2, 0) is 4.79 Å². The summed E-state index contributed by atoms with van der Waals surface area (Å²) in [5.74, 6) is -0.899. The third-order valence-electron chi connectivity index (χ3n) is 6.46. The molecule has 3 aromatic rings. The fraction of sp³-hybridized carbons (Fsp3) is 0.308. The van der Waals surface area contributed by atoms with Crippen LogP contribution in [0.5, 0.6) is 5.75 Å². The summed E-state index contributed by atoms with van der Waals surface area (Å²) in [4.78, 5) is 28.9. The molecule has 0 radical (unpaired) electrons. The first kappa shape index (κ1) is 23.7. The zero-order valence-corrected chi connectivity index (χ0v) is 19.4. The van der Waals surface area contributed by atoms with E-state index in [0.717, 1.165) is 30.9 Å². The molecule has 0 spiro atoms. The van der Waals surface area contributed by atoms with Gasteiger partial charge in [-0.25, -0.2) is 8.78 Å². The number of ether oxygens (including phenoxy) is 1. The van der Waals surface area contributed by atoms with Gasteiger partial charge in [-0.15, -0.1) is 5.10 Å². The van der Waals surface area contributed by atoms with E-state index in [1.54, 1.807) is 30.5 Å². The van der Waals surface area contributed by atoms with E-state index in [4.69, 9.17) is 4.74 Å². The monoisotopic (exact) mass is 493 g/mol. The second-order valence-corrected chi connectivity index (χ2v) is 8.93. The lowest BCUT2D eigenvalue weighted by molar-refractivity contribution is -0.119. The average Bonchev–Trinajstić information content (AvgIpc) is 3.56. The molecule has 0 saturated carbocycles. The summed E-state index contributed by atoms with van der Waals surface area (Å²) in [6, 6.07) is 13.7. The van der Waals surface area contributed by atoms with Gasteiger partial charge in [-0.05, 0) is 55.0 Å². The van der Waals surface area contributed by atoms with Crippen LogP contribution in [0.2, 0.25) is 0 Å². The number of aromatic nitrogens is 2. The van der Waals surface area contributed by atoms with Crippen molar-refractivity contribution < 1.29 is 23.1 Å². The smallest absolute Gasteiger partial charge is 0.256 e. The Morgan fingerprint density at radius 2 is 1.83 bits per heavy atom. The van der Waals surface area contributed by atoms with Crippen molar-refractivity contribution in [1.82, 2.24) is 15.1 Å². The molecular formula is C26H25F2N5O3. The number of hydrogen-bond donors (Lipinski definition) is 1. The van der Waals surface area contributed by atoms with E-state index in [0.29, 0.717) is 43.6 Å². The maximum Gasteiger partial charge on any atom is 0.256 e. The van der Waals surface area contributed by atoms with Gasteiger partial charge in [0.1, 0.15) is 23.5 Å². The Balaban J connectivity index is 1.11. The Hall–Kier alpha value is -4.08. The fourth-order valence-corrected chi connectivity index (χ4v) is 4.54. The number of benzene rings is 2. The molecule has 0 aliphatic carbocycles. The minimum atomic E-state index is -0.874. The molecule has 0 bridgehead atoms. The van der Waals surface area contributed by atoms with E-state index >= 15 is 0 Å². The van der Waals surface area contributed by atoms with Gasteiger partial charge in [0.15, 0.2) is 5.82 Å². The number of amides is 2. The number of anilines is 2. The molecule has 2 aliphatic rings. The van der Waals surface area contributed by atoms with Crippen LogP contribution in [0.15, 0.2) is 60.8 Å². The molecule has 10 heteroatoms. The molecule has 36 heavy (non-hydrogen) atoms. The zero-order valence-electron chi connectivity index (χ0n) is 19.4. The number of likely N-dealkylation sites (tertiary alicyclic amines) is 1. The SMILES string of the molecule is O=C(Nc1ccc(O[C@@H]2CCN(C(=O)c3ccc(F)cc3F)C2)cc1)C1CCN(c2cccnn2)C1. The molecule has 1 N–H and O–H groups in total. The molecule has 1 aromatic heterocycles. The van der Waals surface area contributed by atoms with Crippen molar-refractivity contribution in [2.75, 3.05) is 36.4 Å². The van der Waals surface area contributed by atoms with Gasteiger partial charge >= 0.3 is 0 Å². The normalized spacial score (nSPS) is 19.4. The molecular weight excluding hydrogens is 468 g/mol. The van der Waals surface area contributed by atoms with Crippen LogP contribution in [0.1, 0.15) is 23.2 Å². The van der Waals surface area contributed by atoms with Crippen LogP contribution in [-0.4, -0.2) is 59.2 Å². The molecule has 2 atom stereocenters. The van der Waals surface area contributed by atoms with Gasteiger partial charge < -0.3 is 19.9 Å². The second kappa shape index (κ2) is 10.3. The molecule has 2 fully saturated rings. The number of carbonyl (C=O) groups is 2. The Morgan fingerprint density at radius 3 is 2.58 bits per heavy atom. The van der Waals surface area contributed by atoms with Crippen LogP contribution >= 0.6 is 0 Å². The maximum absolute atomic E-state index is 14.0. The summed E-state index contributed by atoms with van der Waals surface area (Å²) in [5, 5.41) is 11.0. The largest absolute Gasteiger partial charge is 0.489 e. The Kier molecular flexibility index (Phi) is 6.75. The predicted octanol–water partition coefficient (Wildman–Crippen LogP) is 3.51. The van der Waals surface area contributed by atoms with Crippen molar-refractivity contribution in [3.8, 4) is 5.75 Å². The van der Waals surface area contributed by atoms with Crippen LogP contribution in [0.3, 0.4) is 0 Å². The molecule has 8 nitrogen and oxygen atoms in total. The van der Waals surface area contributed by atoms with Crippen molar-refractivity contribution in [2.24, 2.45) is 5.92 Å². The summed E-state index contributed by atoms with van der Waals surface area (Å²) in [6.45, 7) is 2.06. The maximum atomic E-state index is 14.0. The highest BCUT2D eigenvalue weighted by Gasteiger charge is 2.31. The highest BCUT2D eigenvalue weighted by atomic mass is 19.1. The number of hydrogen-bond acceptors (Lipinski definition) is 6. The predicted molar refractivity (Wildman–Crippen MR) is 129 cm³/mol. The molecule has 2 amide bonds. The van der Waals surface area contributed by atoms with Crippen LogP contribution < -0.4 is 15.0 Å². The Morgan fingerprint density at radius 1 is 1.00 bits per heavy atom. The lowest BCUT2D eigenvalue weighted by Gasteiger charge is -2.18. The number of rotatable bonds is 6. The van der Waals surface area contributed by atoms with E-state index in [1.807, 2.05) is 17.0 Å². The van der Waals surface area contributed by atoms with Gasteiger partial charge in [-0.1, -0.05) is 0 Å². The minimum absolute atomic E-state index is 0.0481. The third kappa shape index (κ3) is 5.27. The fourth-order valence-electron chi connectivity index (χ4n) is 4.54. The average molecular weight is 494 g/mol. The number of nitrogens with one attached hydrogen (secondary N) is 1. The quantitative estimate of drug-likeness (QED) is 0.566. The molecule has 186 valence electrons. The molecule has 3 heterocycles. The first-order valence-electron chi connectivity index (χ1n) is 11.8. The Bertz CT molecular complexity index is 1240. The summed E-state index contributed by atoms with van der Waals surface area (Å²) in [6.07, 6.45) is 2.71. The highest BCUT2D eigenvalue weighted by molar-refractivity contribution is 5.95. The van der Waals surface area contributed by atoms with Gasteiger partial charge in [0.2, 0.25) is 5.91 Å². The minimum Gasteiger partial charge on any atom is -0.489 e. The summed E-state index contributed by atoms with van der Waals surface area (Å²) < 4.78 is 33.1. The van der Waals surface area contributed by atoms with Crippen molar-refractivity contribution in [3.05, 3.63) is 78.0 Å². The number of carbonyl (C=O) groups excluding carboxylic acids is 2.